The maximum absolute atomic E-state index is 11.5. The Morgan fingerprint density at radius 3 is 2.94 bits per heavy atom. The Balaban J connectivity index is 2.37. The summed E-state index contributed by atoms with van der Waals surface area (Å²) in [6.45, 7) is 2.80. The molecule has 1 aliphatic heterocycles. The highest BCUT2D eigenvalue weighted by atomic mass is 32.1. The monoisotopic (exact) mass is 266 g/mol. The second-order valence-corrected chi connectivity index (χ2v) is 4.97. The van der Waals surface area contributed by atoms with Crippen molar-refractivity contribution in [3.05, 3.63) is 28.2 Å². The van der Waals surface area contributed by atoms with Gasteiger partial charge in [0, 0.05) is 4.88 Å². The highest BCUT2D eigenvalue weighted by Gasteiger charge is 2.24. The van der Waals surface area contributed by atoms with Gasteiger partial charge in [-0.3, -0.25) is 9.59 Å². The average molecular weight is 266 g/mol. The van der Waals surface area contributed by atoms with Crippen LogP contribution in [0.4, 0.5) is 5.00 Å². The molecule has 18 heavy (non-hydrogen) atoms. The quantitative estimate of drug-likeness (QED) is 0.812. The summed E-state index contributed by atoms with van der Waals surface area (Å²) >= 11 is 1.35. The molecule has 3 N–H and O–H groups in total. The Kier molecular flexibility index (Phi) is 3.78. The third kappa shape index (κ3) is 2.44. The first-order valence-electron chi connectivity index (χ1n) is 5.59. The topological polar surface area (TPSA) is 81.4 Å². The van der Waals surface area contributed by atoms with E-state index in [0.29, 0.717) is 30.2 Å². The number of nitrogens with two attached hydrogens (primary N) is 1. The summed E-state index contributed by atoms with van der Waals surface area (Å²) in [5.41, 5.74) is 6.73. The first-order valence-corrected chi connectivity index (χ1v) is 6.41. The number of primary amides is 1. The fourth-order valence-corrected chi connectivity index (χ4v) is 3.08. The molecule has 0 radical (unpaired) electrons. The van der Waals surface area contributed by atoms with E-state index in [1.165, 1.54) is 17.4 Å². The number of rotatable bonds is 3. The lowest BCUT2D eigenvalue weighted by Gasteiger charge is -2.12. The Labute approximate surface area is 109 Å². The van der Waals surface area contributed by atoms with E-state index < -0.39 is 5.91 Å². The first kappa shape index (κ1) is 12.8. The van der Waals surface area contributed by atoms with Crippen LogP contribution in [0.5, 0.6) is 0 Å². The number of nitrogens with one attached hydrogen (secondary N) is 1. The van der Waals surface area contributed by atoms with Crippen LogP contribution in [-0.4, -0.2) is 18.4 Å². The third-order valence-corrected chi connectivity index (χ3v) is 3.74. The Hall–Kier alpha value is -1.66. The van der Waals surface area contributed by atoms with E-state index in [-0.39, 0.29) is 5.91 Å². The molecule has 1 aliphatic rings. The molecule has 2 rings (SSSR count). The summed E-state index contributed by atoms with van der Waals surface area (Å²) in [5, 5.41) is 3.20. The minimum atomic E-state index is -0.509. The Morgan fingerprint density at radius 2 is 2.28 bits per heavy atom. The van der Waals surface area contributed by atoms with E-state index in [1.54, 1.807) is 13.0 Å². The molecule has 0 atom stereocenters. The lowest BCUT2D eigenvalue weighted by Crippen LogP contribution is -2.18. The van der Waals surface area contributed by atoms with E-state index in [2.05, 4.69) is 5.32 Å². The molecule has 0 unspecified atom stereocenters. The predicted molar refractivity (Wildman–Crippen MR) is 69.6 cm³/mol. The van der Waals surface area contributed by atoms with Crippen molar-refractivity contribution in [3.8, 4) is 0 Å². The van der Waals surface area contributed by atoms with Gasteiger partial charge < -0.3 is 15.8 Å². The fraction of sp³-hybridized carbons (Fsp3) is 0.333. The largest absolute Gasteiger partial charge is 0.376 e. The van der Waals surface area contributed by atoms with Crippen LogP contribution in [0.1, 0.15) is 27.7 Å². The van der Waals surface area contributed by atoms with Crippen LogP contribution in [0, 0.1) is 0 Å². The molecule has 96 valence electrons. The van der Waals surface area contributed by atoms with Crippen LogP contribution < -0.4 is 11.1 Å². The van der Waals surface area contributed by atoms with Crippen LogP contribution in [0.15, 0.2) is 12.2 Å². The van der Waals surface area contributed by atoms with E-state index in [9.17, 15) is 9.59 Å². The number of carbonyl (C=O) groups is 2. The SMILES string of the molecule is CC=CC(=O)Nc1sc2c(c1C(N)=O)CCOC2. The number of allylic oxidation sites excluding steroid dienone is 1. The van der Waals surface area contributed by atoms with Gasteiger partial charge in [-0.2, -0.15) is 0 Å². The van der Waals surface area contributed by atoms with Crippen LogP contribution in [-0.2, 0) is 22.6 Å². The number of hydrogen-bond donors (Lipinski definition) is 2. The number of fused-ring (bicyclic) bond motifs is 1. The molecule has 5 nitrogen and oxygen atoms in total. The molecule has 2 heterocycles. The summed E-state index contributed by atoms with van der Waals surface area (Å²) < 4.78 is 5.33. The number of hydrogen-bond acceptors (Lipinski definition) is 4. The van der Waals surface area contributed by atoms with Crippen molar-refractivity contribution < 1.29 is 14.3 Å². The van der Waals surface area contributed by atoms with Crippen LogP contribution in [0.3, 0.4) is 0 Å². The maximum atomic E-state index is 11.5. The molecular weight excluding hydrogens is 252 g/mol. The normalized spacial score (nSPS) is 14.5. The molecule has 2 amide bonds. The van der Waals surface area contributed by atoms with E-state index >= 15 is 0 Å². The van der Waals surface area contributed by atoms with Gasteiger partial charge in [0.25, 0.3) is 5.91 Å². The van der Waals surface area contributed by atoms with Gasteiger partial charge in [-0.05, 0) is 25.0 Å². The molecule has 0 bridgehead atoms. The van der Waals surface area contributed by atoms with E-state index in [0.717, 1.165) is 10.4 Å². The van der Waals surface area contributed by atoms with Gasteiger partial charge in [0.2, 0.25) is 5.91 Å². The van der Waals surface area contributed by atoms with Crippen LogP contribution >= 0.6 is 11.3 Å². The Bertz CT molecular complexity index is 520. The summed E-state index contributed by atoms with van der Waals surface area (Å²) in [6, 6.07) is 0. The maximum Gasteiger partial charge on any atom is 0.251 e. The van der Waals surface area contributed by atoms with Crippen molar-refractivity contribution in [1.29, 1.82) is 0 Å². The average Bonchev–Trinajstić information content (AvgIpc) is 2.66. The molecule has 0 aliphatic carbocycles. The molecule has 0 saturated heterocycles. The van der Waals surface area contributed by atoms with Crippen molar-refractivity contribution in [2.75, 3.05) is 11.9 Å². The third-order valence-electron chi connectivity index (χ3n) is 2.62. The number of amides is 2. The Morgan fingerprint density at radius 1 is 1.50 bits per heavy atom. The zero-order valence-electron chi connectivity index (χ0n) is 9.99. The number of thiophene rings is 1. The fourth-order valence-electron chi connectivity index (χ4n) is 1.89. The minimum absolute atomic E-state index is 0.264. The summed E-state index contributed by atoms with van der Waals surface area (Å²) in [5.74, 6) is -0.773. The van der Waals surface area contributed by atoms with Gasteiger partial charge >= 0.3 is 0 Å². The van der Waals surface area contributed by atoms with Crippen molar-refractivity contribution in [2.45, 2.75) is 20.0 Å². The zero-order valence-corrected chi connectivity index (χ0v) is 10.8. The number of ether oxygens (including phenoxy) is 1. The lowest BCUT2D eigenvalue weighted by atomic mass is 10.1. The summed E-state index contributed by atoms with van der Waals surface area (Å²) in [4.78, 5) is 24.0. The number of anilines is 1. The first-order chi connectivity index (χ1) is 8.63. The molecular formula is C12H14N2O3S. The highest BCUT2D eigenvalue weighted by Crippen LogP contribution is 2.36. The molecule has 0 aromatic carbocycles. The second kappa shape index (κ2) is 5.32. The van der Waals surface area contributed by atoms with Crippen molar-refractivity contribution in [3.63, 3.8) is 0 Å². The molecule has 1 aromatic rings. The van der Waals surface area contributed by atoms with Gasteiger partial charge in [0.15, 0.2) is 0 Å². The van der Waals surface area contributed by atoms with Crippen molar-refractivity contribution >= 4 is 28.2 Å². The van der Waals surface area contributed by atoms with Crippen molar-refractivity contribution in [2.24, 2.45) is 5.73 Å². The van der Waals surface area contributed by atoms with Gasteiger partial charge in [-0.15, -0.1) is 11.3 Å². The van der Waals surface area contributed by atoms with Gasteiger partial charge in [-0.25, -0.2) is 0 Å². The zero-order chi connectivity index (χ0) is 13.1. The molecule has 0 saturated carbocycles. The second-order valence-electron chi connectivity index (χ2n) is 3.86. The van der Waals surface area contributed by atoms with Gasteiger partial charge in [0.05, 0.1) is 18.8 Å². The lowest BCUT2D eigenvalue weighted by molar-refractivity contribution is -0.111. The van der Waals surface area contributed by atoms with E-state index in [1.807, 2.05) is 0 Å². The van der Waals surface area contributed by atoms with Crippen LogP contribution in [0.25, 0.3) is 0 Å². The molecule has 6 heteroatoms. The van der Waals surface area contributed by atoms with Crippen LogP contribution in [0.2, 0.25) is 0 Å². The smallest absolute Gasteiger partial charge is 0.251 e. The number of carbonyl (C=O) groups excluding carboxylic acids is 2. The minimum Gasteiger partial charge on any atom is -0.376 e. The van der Waals surface area contributed by atoms with E-state index in [4.69, 9.17) is 10.5 Å². The molecule has 1 aromatic heterocycles. The van der Waals surface area contributed by atoms with Gasteiger partial charge in [0.1, 0.15) is 5.00 Å². The van der Waals surface area contributed by atoms with Crippen molar-refractivity contribution in [1.82, 2.24) is 0 Å². The summed E-state index contributed by atoms with van der Waals surface area (Å²) in [6.07, 6.45) is 3.69. The highest BCUT2D eigenvalue weighted by molar-refractivity contribution is 7.17. The standard InChI is InChI=1S/C12H14N2O3S/c1-2-3-9(15)14-12-10(11(13)16)7-4-5-17-6-8(7)18-12/h2-3H,4-6H2,1H3,(H2,13,16)(H,14,15). The predicted octanol–water partition coefficient (Wildman–Crippen LogP) is 1.43. The van der Waals surface area contributed by atoms with Gasteiger partial charge in [-0.1, -0.05) is 6.08 Å². The molecule has 0 fully saturated rings. The molecule has 0 spiro atoms. The summed E-state index contributed by atoms with van der Waals surface area (Å²) in [7, 11) is 0.